The van der Waals surface area contributed by atoms with Crippen LogP contribution in [-0.4, -0.2) is 36.1 Å². The molecule has 1 rings (SSSR count). The van der Waals surface area contributed by atoms with Gasteiger partial charge < -0.3 is 10.2 Å². The molecular weight excluding hydrogens is 281 g/mol. The molecule has 1 aromatic rings. The highest BCUT2D eigenvalue weighted by Gasteiger charge is 2.35. The predicted molar refractivity (Wildman–Crippen MR) is 77.6 cm³/mol. The van der Waals surface area contributed by atoms with Crippen molar-refractivity contribution in [2.24, 2.45) is 0 Å². The number of benzene rings is 1. The molecule has 6 heteroatoms. The third-order valence-electron chi connectivity index (χ3n) is 3.01. The molecule has 0 aliphatic carbocycles. The fraction of sp³-hybridized carbons (Fsp3) is 0.533. The third kappa shape index (κ3) is 4.95. The minimum atomic E-state index is -4.41. The zero-order valence-electron chi connectivity index (χ0n) is 12.7. The first-order chi connectivity index (χ1) is 9.65. The van der Waals surface area contributed by atoms with Crippen LogP contribution in [0.5, 0.6) is 0 Å². The summed E-state index contributed by atoms with van der Waals surface area (Å²) in [5, 5.41) is 3.01. The van der Waals surface area contributed by atoms with Gasteiger partial charge in [0, 0.05) is 18.3 Å². The number of rotatable bonds is 5. The summed E-state index contributed by atoms with van der Waals surface area (Å²) in [6, 6.07) is 4.62. The lowest BCUT2D eigenvalue weighted by Crippen LogP contribution is -2.43. The maximum Gasteiger partial charge on any atom is 0.406 e. The van der Waals surface area contributed by atoms with Crippen LogP contribution in [0.1, 0.15) is 36.7 Å². The van der Waals surface area contributed by atoms with Crippen molar-refractivity contribution in [1.82, 2.24) is 4.90 Å². The van der Waals surface area contributed by atoms with Gasteiger partial charge in [0.2, 0.25) is 0 Å². The second kappa shape index (κ2) is 6.83. The Balaban J connectivity index is 3.17. The van der Waals surface area contributed by atoms with Crippen molar-refractivity contribution >= 4 is 11.6 Å². The Hall–Kier alpha value is -1.72. The van der Waals surface area contributed by atoms with Crippen LogP contribution in [0.3, 0.4) is 0 Å². The number of aryl methyl sites for hydroxylation is 1. The van der Waals surface area contributed by atoms with Gasteiger partial charge in [-0.05, 0) is 39.8 Å². The van der Waals surface area contributed by atoms with E-state index in [1.54, 1.807) is 32.9 Å². The van der Waals surface area contributed by atoms with Gasteiger partial charge in [0.1, 0.15) is 6.54 Å². The molecule has 0 spiro atoms. The highest BCUT2D eigenvalue weighted by molar-refractivity contribution is 6.00. The average molecular weight is 302 g/mol. The van der Waals surface area contributed by atoms with Crippen LogP contribution in [0.4, 0.5) is 18.9 Å². The van der Waals surface area contributed by atoms with E-state index >= 15 is 0 Å². The lowest BCUT2D eigenvalue weighted by molar-refractivity contribution is -0.143. The Kier molecular flexibility index (Phi) is 5.63. The van der Waals surface area contributed by atoms with Gasteiger partial charge in [-0.3, -0.25) is 4.79 Å². The van der Waals surface area contributed by atoms with E-state index in [0.29, 0.717) is 12.2 Å². The molecule has 0 bridgehead atoms. The maximum absolute atomic E-state index is 12.7. The third-order valence-corrected chi connectivity index (χ3v) is 3.01. The number of carbonyl (C=O) groups is 1. The monoisotopic (exact) mass is 302 g/mol. The summed E-state index contributed by atoms with van der Waals surface area (Å²) in [6.07, 6.45) is -4.41. The predicted octanol–water partition coefficient (Wildman–Crippen LogP) is 3.84. The molecule has 1 amide bonds. The zero-order chi connectivity index (χ0) is 16.2. The van der Waals surface area contributed by atoms with Crippen LogP contribution in [0.15, 0.2) is 18.2 Å². The minimum Gasteiger partial charge on any atom is -0.385 e. The van der Waals surface area contributed by atoms with Crippen LogP contribution < -0.4 is 5.32 Å². The Morgan fingerprint density at radius 2 is 1.95 bits per heavy atom. The number of hydrogen-bond acceptors (Lipinski definition) is 2. The fourth-order valence-corrected chi connectivity index (χ4v) is 2.02. The van der Waals surface area contributed by atoms with Gasteiger partial charge in [-0.2, -0.15) is 13.2 Å². The molecule has 0 aliphatic rings. The second-order valence-corrected chi connectivity index (χ2v) is 5.22. The summed E-state index contributed by atoms with van der Waals surface area (Å²) < 4.78 is 38.0. The summed E-state index contributed by atoms with van der Waals surface area (Å²) in [5.41, 5.74) is 1.66. The van der Waals surface area contributed by atoms with Crippen molar-refractivity contribution in [2.75, 3.05) is 18.4 Å². The van der Waals surface area contributed by atoms with E-state index in [4.69, 9.17) is 0 Å². The number of alkyl halides is 3. The normalized spacial score (nSPS) is 11.6. The Morgan fingerprint density at radius 1 is 1.33 bits per heavy atom. The van der Waals surface area contributed by atoms with E-state index in [9.17, 15) is 18.0 Å². The number of carbonyl (C=O) groups excluding carboxylic acids is 1. The Morgan fingerprint density at radius 3 is 2.43 bits per heavy atom. The first kappa shape index (κ1) is 17.3. The first-order valence-electron chi connectivity index (χ1n) is 6.88. The maximum atomic E-state index is 12.7. The molecule has 0 saturated heterocycles. The van der Waals surface area contributed by atoms with E-state index in [2.05, 4.69) is 5.32 Å². The summed E-state index contributed by atoms with van der Waals surface area (Å²) in [6.45, 7) is 6.16. The van der Waals surface area contributed by atoms with Crippen LogP contribution in [0, 0.1) is 6.92 Å². The quantitative estimate of drug-likeness (QED) is 0.896. The molecule has 3 nitrogen and oxygen atoms in total. The molecule has 0 aliphatic heterocycles. The van der Waals surface area contributed by atoms with E-state index < -0.39 is 24.7 Å². The number of amides is 1. The number of nitrogens with zero attached hydrogens (tertiary/aromatic N) is 1. The SMILES string of the molecule is CCNc1ccc(C)cc1C(=O)N(CC(F)(F)F)C(C)C. The molecule has 21 heavy (non-hydrogen) atoms. The van der Waals surface area contributed by atoms with Gasteiger partial charge in [-0.15, -0.1) is 0 Å². The minimum absolute atomic E-state index is 0.273. The van der Waals surface area contributed by atoms with Crippen molar-refractivity contribution in [2.45, 2.75) is 39.9 Å². The van der Waals surface area contributed by atoms with Crippen LogP contribution in [0.2, 0.25) is 0 Å². The molecule has 1 N–H and O–H groups in total. The van der Waals surface area contributed by atoms with Crippen molar-refractivity contribution in [3.63, 3.8) is 0 Å². The van der Waals surface area contributed by atoms with E-state index in [1.807, 2.05) is 13.0 Å². The summed E-state index contributed by atoms with van der Waals surface area (Å²) in [5.74, 6) is -0.609. The summed E-state index contributed by atoms with van der Waals surface area (Å²) in [4.78, 5) is 13.3. The van der Waals surface area contributed by atoms with Gasteiger partial charge in [0.25, 0.3) is 5.91 Å². The van der Waals surface area contributed by atoms with E-state index in [-0.39, 0.29) is 5.56 Å². The second-order valence-electron chi connectivity index (χ2n) is 5.22. The Labute approximate surface area is 123 Å². The van der Waals surface area contributed by atoms with Crippen LogP contribution in [0.25, 0.3) is 0 Å². The number of anilines is 1. The summed E-state index contributed by atoms with van der Waals surface area (Å²) in [7, 11) is 0. The molecule has 0 aromatic heterocycles. The summed E-state index contributed by atoms with van der Waals surface area (Å²) >= 11 is 0. The first-order valence-corrected chi connectivity index (χ1v) is 6.88. The molecule has 0 heterocycles. The van der Waals surface area contributed by atoms with E-state index in [0.717, 1.165) is 10.5 Å². The molecule has 1 aromatic carbocycles. The van der Waals surface area contributed by atoms with Crippen molar-refractivity contribution in [3.05, 3.63) is 29.3 Å². The molecular formula is C15H21F3N2O. The van der Waals surface area contributed by atoms with Crippen molar-refractivity contribution < 1.29 is 18.0 Å². The highest BCUT2D eigenvalue weighted by Crippen LogP contribution is 2.24. The van der Waals surface area contributed by atoms with Gasteiger partial charge in [0.05, 0.1) is 5.56 Å². The van der Waals surface area contributed by atoms with Gasteiger partial charge >= 0.3 is 6.18 Å². The van der Waals surface area contributed by atoms with Gasteiger partial charge in [-0.25, -0.2) is 0 Å². The van der Waals surface area contributed by atoms with Crippen LogP contribution in [-0.2, 0) is 0 Å². The van der Waals surface area contributed by atoms with Crippen molar-refractivity contribution in [3.8, 4) is 0 Å². The molecule has 0 fully saturated rings. The smallest absolute Gasteiger partial charge is 0.385 e. The van der Waals surface area contributed by atoms with Gasteiger partial charge in [0.15, 0.2) is 0 Å². The lowest BCUT2D eigenvalue weighted by atomic mass is 10.1. The highest BCUT2D eigenvalue weighted by atomic mass is 19.4. The Bertz CT molecular complexity index is 498. The topological polar surface area (TPSA) is 32.3 Å². The number of halogens is 3. The number of hydrogen-bond donors (Lipinski definition) is 1. The van der Waals surface area contributed by atoms with Crippen LogP contribution >= 0.6 is 0 Å². The largest absolute Gasteiger partial charge is 0.406 e. The number of nitrogens with one attached hydrogen (secondary N) is 1. The van der Waals surface area contributed by atoms with Crippen molar-refractivity contribution in [1.29, 1.82) is 0 Å². The van der Waals surface area contributed by atoms with Gasteiger partial charge in [-0.1, -0.05) is 11.6 Å². The molecule has 118 valence electrons. The zero-order valence-corrected chi connectivity index (χ0v) is 12.7. The molecule has 0 radical (unpaired) electrons. The average Bonchev–Trinajstić information content (AvgIpc) is 2.36. The molecule has 0 unspecified atom stereocenters. The van der Waals surface area contributed by atoms with E-state index in [1.165, 1.54) is 0 Å². The standard InChI is InChI=1S/C15H21F3N2O/c1-5-19-13-7-6-11(4)8-12(13)14(21)20(10(2)3)9-15(16,17)18/h6-8,10,19H,5,9H2,1-4H3. The fourth-order valence-electron chi connectivity index (χ4n) is 2.02. The lowest BCUT2D eigenvalue weighted by Gasteiger charge is -2.28. The molecule has 0 atom stereocenters. The molecule has 0 saturated carbocycles.